The molecule has 0 aromatic heterocycles. The monoisotopic (exact) mass is 379 g/mol. The zero-order valence-corrected chi connectivity index (χ0v) is 16.1. The van der Waals surface area contributed by atoms with Gasteiger partial charge in [-0.25, -0.2) is 0 Å². The SMILES string of the molecule is CCCCCC(=O)NNC(=S)NC(=O)/C=C/c1ccc(OC)c(OC)c1. The molecule has 0 heterocycles. The summed E-state index contributed by atoms with van der Waals surface area (Å²) in [7, 11) is 3.09. The van der Waals surface area contributed by atoms with Crippen LogP contribution in [0.1, 0.15) is 38.2 Å². The fraction of sp³-hybridized carbons (Fsp3) is 0.389. The van der Waals surface area contributed by atoms with Crippen molar-refractivity contribution in [2.45, 2.75) is 32.6 Å². The Bertz CT molecular complexity index is 662. The van der Waals surface area contributed by atoms with Gasteiger partial charge in [-0.15, -0.1) is 0 Å². The number of methoxy groups -OCH3 is 2. The number of amides is 2. The molecule has 0 saturated carbocycles. The van der Waals surface area contributed by atoms with E-state index in [4.69, 9.17) is 21.7 Å². The van der Waals surface area contributed by atoms with Crippen LogP contribution in [0, 0.1) is 0 Å². The molecule has 26 heavy (non-hydrogen) atoms. The van der Waals surface area contributed by atoms with Crippen molar-refractivity contribution in [3.63, 3.8) is 0 Å². The Labute approximate surface area is 159 Å². The summed E-state index contributed by atoms with van der Waals surface area (Å²) in [5, 5.41) is 2.47. The maximum atomic E-state index is 11.9. The maximum Gasteiger partial charge on any atom is 0.250 e. The zero-order chi connectivity index (χ0) is 19.4. The minimum absolute atomic E-state index is 0.0239. The Morgan fingerprint density at radius 2 is 1.85 bits per heavy atom. The van der Waals surface area contributed by atoms with Crippen molar-refractivity contribution in [2.75, 3.05) is 14.2 Å². The van der Waals surface area contributed by atoms with E-state index in [1.165, 1.54) is 6.08 Å². The minimum Gasteiger partial charge on any atom is -0.493 e. The van der Waals surface area contributed by atoms with Crippen LogP contribution in [-0.2, 0) is 9.59 Å². The molecule has 142 valence electrons. The molecule has 3 N–H and O–H groups in total. The van der Waals surface area contributed by atoms with Crippen molar-refractivity contribution in [1.29, 1.82) is 0 Å². The van der Waals surface area contributed by atoms with Crippen molar-refractivity contribution >= 4 is 35.2 Å². The first-order valence-electron chi connectivity index (χ1n) is 8.30. The molecule has 0 unspecified atom stereocenters. The largest absolute Gasteiger partial charge is 0.493 e. The lowest BCUT2D eigenvalue weighted by molar-refractivity contribution is -0.122. The third-order valence-corrected chi connectivity index (χ3v) is 3.60. The molecule has 1 aromatic rings. The topological polar surface area (TPSA) is 88.7 Å². The standard InChI is InChI=1S/C18H25N3O4S/c1-4-5-6-7-17(23)20-21-18(26)19-16(22)11-9-13-8-10-14(24-2)15(12-13)25-3/h8-12H,4-7H2,1-3H3,(H,20,23)(H2,19,21,22,26)/b11-9+. The van der Waals surface area contributed by atoms with Crippen molar-refractivity contribution in [2.24, 2.45) is 0 Å². The molecule has 0 aliphatic rings. The van der Waals surface area contributed by atoms with E-state index in [9.17, 15) is 9.59 Å². The average Bonchev–Trinajstić information content (AvgIpc) is 2.64. The third-order valence-electron chi connectivity index (χ3n) is 3.39. The van der Waals surface area contributed by atoms with Gasteiger partial charge in [-0.1, -0.05) is 25.8 Å². The summed E-state index contributed by atoms with van der Waals surface area (Å²) in [6.07, 6.45) is 6.21. The summed E-state index contributed by atoms with van der Waals surface area (Å²) in [6.45, 7) is 2.07. The minimum atomic E-state index is -0.419. The number of hydrazine groups is 1. The molecular formula is C18H25N3O4S. The van der Waals surface area contributed by atoms with E-state index < -0.39 is 5.91 Å². The average molecular weight is 379 g/mol. The van der Waals surface area contributed by atoms with E-state index in [0.29, 0.717) is 17.9 Å². The van der Waals surface area contributed by atoms with Gasteiger partial charge in [0.1, 0.15) is 0 Å². The molecule has 0 spiro atoms. The lowest BCUT2D eigenvalue weighted by atomic mass is 10.2. The van der Waals surface area contributed by atoms with E-state index in [2.05, 4.69) is 23.1 Å². The van der Waals surface area contributed by atoms with Gasteiger partial charge < -0.3 is 9.47 Å². The maximum absolute atomic E-state index is 11.9. The van der Waals surface area contributed by atoms with E-state index in [1.807, 2.05) is 0 Å². The van der Waals surface area contributed by atoms with Crippen molar-refractivity contribution in [3.05, 3.63) is 29.8 Å². The van der Waals surface area contributed by atoms with Crippen LogP contribution in [0.2, 0.25) is 0 Å². The number of nitrogens with one attached hydrogen (secondary N) is 3. The number of benzene rings is 1. The number of hydrogen-bond acceptors (Lipinski definition) is 5. The molecule has 0 atom stereocenters. The fourth-order valence-electron chi connectivity index (χ4n) is 2.04. The number of rotatable bonds is 8. The first-order valence-corrected chi connectivity index (χ1v) is 8.70. The molecule has 0 aliphatic carbocycles. The molecular weight excluding hydrogens is 354 g/mol. The zero-order valence-electron chi connectivity index (χ0n) is 15.3. The molecule has 1 rings (SSSR count). The Hall–Kier alpha value is -2.61. The van der Waals surface area contributed by atoms with Gasteiger partial charge in [0, 0.05) is 12.5 Å². The fourth-order valence-corrected chi connectivity index (χ4v) is 2.19. The van der Waals surface area contributed by atoms with Crippen LogP contribution in [-0.4, -0.2) is 31.1 Å². The van der Waals surface area contributed by atoms with Gasteiger partial charge in [-0.05, 0) is 42.4 Å². The van der Waals surface area contributed by atoms with Gasteiger partial charge >= 0.3 is 0 Å². The second kappa shape index (κ2) is 11.9. The van der Waals surface area contributed by atoms with E-state index in [-0.39, 0.29) is 11.0 Å². The highest BCUT2D eigenvalue weighted by atomic mass is 32.1. The lowest BCUT2D eigenvalue weighted by Gasteiger charge is -2.09. The summed E-state index contributed by atoms with van der Waals surface area (Å²) in [5.41, 5.74) is 5.71. The van der Waals surface area contributed by atoms with Gasteiger partial charge in [0.15, 0.2) is 16.6 Å². The van der Waals surface area contributed by atoms with Crippen LogP contribution in [0.5, 0.6) is 11.5 Å². The number of carbonyl (C=O) groups is 2. The van der Waals surface area contributed by atoms with E-state index in [1.54, 1.807) is 38.5 Å². The molecule has 0 radical (unpaired) electrons. The van der Waals surface area contributed by atoms with Crippen LogP contribution in [0.15, 0.2) is 24.3 Å². The highest BCUT2D eigenvalue weighted by molar-refractivity contribution is 7.80. The van der Waals surface area contributed by atoms with Gasteiger partial charge in [-0.3, -0.25) is 25.8 Å². The number of carbonyl (C=O) groups excluding carboxylic acids is 2. The second-order valence-electron chi connectivity index (χ2n) is 5.40. The van der Waals surface area contributed by atoms with Crippen LogP contribution in [0.3, 0.4) is 0 Å². The van der Waals surface area contributed by atoms with Gasteiger partial charge in [0.25, 0.3) is 0 Å². The Morgan fingerprint density at radius 1 is 1.12 bits per heavy atom. The summed E-state index contributed by atoms with van der Waals surface area (Å²) in [6, 6.07) is 5.28. The molecule has 7 nitrogen and oxygen atoms in total. The van der Waals surface area contributed by atoms with Gasteiger partial charge in [0.05, 0.1) is 14.2 Å². The number of ether oxygens (including phenoxy) is 2. The predicted octanol–water partition coefficient (Wildman–Crippen LogP) is 2.32. The third kappa shape index (κ3) is 7.98. The first-order chi connectivity index (χ1) is 12.5. The molecule has 0 aliphatic heterocycles. The van der Waals surface area contributed by atoms with Crippen LogP contribution in [0.25, 0.3) is 6.08 Å². The Kier molecular flexibility index (Phi) is 9.78. The summed E-state index contributed by atoms with van der Waals surface area (Å²) in [4.78, 5) is 23.4. The first kappa shape index (κ1) is 21.4. The molecule has 2 amide bonds. The summed E-state index contributed by atoms with van der Waals surface area (Å²) < 4.78 is 10.4. The molecule has 0 fully saturated rings. The predicted molar refractivity (Wildman–Crippen MR) is 105 cm³/mol. The van der Waals surface area contributed by atoms with Crippen molar-refractivity contribution in [1.82, 2.24) is 16.2 Å². The Balaban J connectivity index is 2.44. The number of hydrogen-bond donors (Lipinski definition) is 3. The quantitative estimate of drug-likeness (QED) is 0.278. The smallest absolute Gasteiger partial charge is 0.250 e. The highest BCUT2D eigenvalue weighted by Crippen LogP contribution is 2.27. The molecule has 8 heteroatoms. The molecule has 1 aromatic carbocycles. The van der Waals surface area contributed by atoms with Gasteiger partial charge in [-0.2, -0.15) is 0 Å². The normalized spacial score (nSPS) is 10.3. The van der Waals surface area contributed by atoms with Crippen molar-refractivity contribution in [3.8, 4) is 11.5 Å². The summed E-state index contributed by atoms with van der Waals surface area (Å²) in [5.74, 6) is 0.584. The van der Waals surface area contributed by atoms with E-state index >= 15 is 0 Å². The highest BCUT2D eigenvalue weighted by Gasteiger charge is 2.05. The second-order valence-corrected chi connectivity index (χ2v) is 5.80. The van der Waals surface area contributed by atoms with Crippen LogP contribution in [0.4, 0.5) is 0 Å². The van der Waals surface area contributed by atoms with E-state index in [0.717, 1.165) is 24.8 Å². The van der Waals surface area contributed by atoms with Gasteiger partial charge in [0.2, 0.25) is 11.8 Å². The van der Waals surface area contributed by atoms with Crippen molar-refractivity contribution < 1.29 is 19.1 Å². The Morgan fingerprint density at radius 3 is 2.50 bits per heavy atom. The molecule has 0 bridgehead atoms. The molecule has 0 saturated heterocycles. The summed E-state index contributed by atoms with van der Waals surface area (Å²) >= 11 is 4.96. The van der Waals surface area contributed by atoms with Crippen LogP contribution < -0.4 is 25.6 Å². The number of thiocarbonyl (C=S) groups is 1. The number of unbranched alkanes of at least 4 members (excludes halogenated alkanes) is 2. The van der Waals surface area contributed by atoms with Crippen LogP contribution >= 0.6 is 12.2 Å². The lowest BCUT2D eigenvalue weighted by Crippen LogP contribution is -2.48.